The van der Waals surface area contributed by atoms with Crippen LogP contribution in [0.25, 0.3) is 0 Å². The van der Waals surface area contributed by atoms with Crippen molar-refractivity contribution in [3.05, 3.63) is 29.8 Å². The Bertz CT molecular complexity index is 669. The van der Waals surface area contributed by atoms with Crippen molar-refractivity contribution >= 4 is 23.5 Å². The molecule has 0 bridgehead atoms. The fourth-order valence-electron chi connectivity index (χ4n) is 2.92. The van der Waals surface area contributed by atoms with Gasteiger partial charge in [0.15, 0.2) is 0 Å². The third-order valence-electron chi connectivity index (χ3n) is 4.64. The van der Waals surface area contributed by atoms with Gasteiger partial charge in [0, 0.05) is 30.4 Å². The molecule has 1 unspecified atom stereocenters. The summed E-state index contributed by atoms with van der Waals surface area (Å²) >= 11 is 0. The van der Waals surface area contributed by atoms with Gasteiger partial charge in [-0.3, -0.25) is 19.3 Å². The third-order valence-corrected chi connectivity index (χ3v) is 4.64. The molecule has 0 aliphatic heterocycles. The van der Waals surface area contributed by atoms with Gasteiger partial charge < -0.3 is 15.3 Å². The molecule has 1 aliphatic carbocycles. The van der Waals surface area contributed by atoms with Crippen LogP contribution in [0.1, 0.15) is 44.0 Å². The fourth-order valence-corrected chi connectivity index (χ4v) is 2.92. The van der Waals surface area contributed by atoms with E-state index in [0.29, 0.717) is 24.3 Å². The van der Waals surface area contributed by atoms with Crippen molar-refractivity contribution in [3.63, 3.8) is 0 Å². The predicted molar refractivity (Wildman–Crippen MR) is 99.1 cm³/mol. The summed E-state index contributed by atoms with van der Waals surface area (Å²) in [5.74, 6) is -1.29. The quantitative estimate of drug-likeness (QED) is 0.702. The number of anilines is 1. The molecule has 0 saturated heterocycles. The first-order valence-electron chi connectivity index (χ1n) is 9.05. The van der Waals surface area contributed by atoms with Gasteiger partial charge in [0.2, 0.25) is 5.91 Å². The van der Waals surface area contributed by atoms with Gasteiger partial charge in [0.25, 0.3) is 5.91 Å². The SMILES string of the molecule is CCN(CC)C(=O)c1cccc(NC(=O)CN(C2CC2)C(C)C(=O)O)c1. The van der Waals surface area contributed by atoms with E-state index in [1.807, 2.05) is 13.8 Å². The molecule has 7 nitrogen and oxygen atoms in total. The summed E-state index contributed by atoms with van der Waals surface area (Å²) in [6.07, 6.45) is 1.83. The molecular weight excluding hydrogens is 334 g/mol. The number of carbonyl (C=O) groups is 3. The number of carboxylic acid groups (broad SMARTS) is 1. The van der Waals surface area contributed by atoms with Crippen LogP contribution in [0.2, 0.25) is 0 Å². The minimum absolute atomic E-state index is 0.0202. The molecule has 142 valence electrons. The minimum atomic E-state index is -0.934. The largest absolute Gasteiger partial charge is 0.480 e. The Balaban J connectivity index is 2.03. The molecule has 2 rings (SSSR count). The monoisotopic (exact) mass is 361 g/mol. The molecule has 1 aromatic carbocycles. The topological polar surface area (TPSA) is 90.0 Å². The number of benzene rings is 1. The maximum atomic E-state index is 12.4. The predicted octanol–water partition coefficient (Wildman–Crippen LogP) is 2.04. The Kier molecular flexibility index (Phi) is 6.74. The summed E-state index contributed by atoms with van der Waals surface area (Å²) in [6, 6.07) is 6.27. The van der Waals surface area contributed by atoms with Crippen LogP contribution in [0.4, 0.5) is 5.69 Å². The highest BCUT2D eigenvalue weighted by Gasteiger charge is 2.36. The van der Waals surface area contributed by atoms with Crippen LogP contribution in [0.5, 0.6) is 0 Å². The van der Waals surface area contributed by atoms with Crippen LogP contribution in [0.3, 0.4) is 0 Å². The van der Waals surface area contributed by atoms with Crippen molar-refractivity contribution in [3.8, 4) is 0 Å². The Morgan fingerprint density at radius 3 is 2.42 bits per heavy atom. The summed E-state index contributed by atoms with van der Waals surface area (Å²) in [5.41, 5.74) is 1.05. The first-order valence-corrected chi connectivity index (χ1v) is 9.05. The molecule has 2 N–H and O–H groups in total. The Hall–Kier alpha value is -2.41. The van der Waals surface area contributed by atoms with E-state index in [1.54, 1.807) is 41.0 Å². The number of carboxylic acids is 1. The Labute approximate surface area is 154 Å². The van der Waals surface area contributed by atoms with Crippen LogP contribution >= 0.6 is 0 Å². The van der Waals surface area contributed by atoms with Gasteiger partial charge in [-0.2, -0.15) is 0 Å². The van der Waals surface area contributed by atoms with Crippen molar-refractivity contribution in [1.29, 1.82) is 0 Å². The lowest BCUT2D eigenvalue weighted by Crippen LogP contribution is -2.44. The molecule has 0 spiro atoms. The number of nitrogens with zero attached hydrogens (tertiary/aromatic N) is 2. The highest BCUT2D eigenvalue weighted by atomic mass is 16.4. The van der Waals surface area contributed by atoms with E-state index >= 15 is 0 Å². The minimum Gasteiger partial charge on any atom is -0.480 e. The number of rotatable bonds is 9. The molecule has 1 fully saturated rings. The van der Waals surface area contributed by atoms with E-state index in [1.165, 1.54) is 0 Å². The molecule has 26 heavy (non-hydrogen) atoms. The molecule has 0 heterocycles. The van der Waals surface area contributed by atoms with E-state index in [2.05, 4.69) is 5.32 Å². The first kappa shape index (κ1) is 19.9. The molecule has 1 aliphatic rings. The summed E-state index contributed by atoms with van der Waals surface area (Å²) in [5, 5.41) is 12.0. The Morgan fingerprint density at radius 2 is 1.88 bits per heavy atom. The smallest absolute Gasteiger partial charge is 0.320 e. The van der Waals surface area contributed by atoms with E-state index < -0.39 is 12.0 Å². The molecule has 0 radical (unpaired) electrons. The normalized spacial score (nSPS) is 14.8. The average molecular weight is 361 g/mol. The lowest BCUT2D eigenvalue weighted by Gasteiger charge is -2.25. The standard InChI is InChI=1S/C19H27N3O4/c1-4-21(5-2)18(24)14-7-6-8-15(11-14)20-17(23)12-22(16-9-10-16)13(3)19(25)26/h6-8,11,13,16H,4-5,9-10,12H2,1-3H3,(H,20,23)(H,25,26). The van der Waals surface area contributed by atoms with Gasteiger partial charge in [0.1, 0.15) is 6.04 Å². The number of aliphatic carboxylic acids is 1. The molecular formula is C19H27N3O4. The maximum Gasteiger partial charge on any atom is 0.320 e. The van der Waals surface area contributed by atoms with Crippen molar-refractivity contribution in [2.24, 2.45) is 0 Å². The van der Waals surface area contributed by atoms with Gasteiger partial charge in [-0.05, 0) is 51.8 Å². The molecule has 0 aromatic heterocycles. The Morgan fingerprint density at radius 1 is 1.23 bits per heavy atom. The van der Waals surface area contributed by atoms with Crippen LogP contribution in [0, 0.1) is 0 Å². The molecule has 2 amide bonds. The van der Waals surface area contributed by atoms with Gasteiger partial charge in [-0.1, -0.05) is 6.07 Å². The van der Waals surface area contributed by atoms with E-state index in [4.69, 9.17) is 0 Å². The van der Waals surface area contributed by atoms with Crippen molar-refractivity contribution in [2.75, 3.05) is 25.0 Å². The van der Waals surface area contributed by atoms with E-state index in [0.717, 1.165) is 12.8 Å². The molecule has 1 atom stereocenters. The van der Waals surface area contributed by atoms with Gasteiger partial charge in [-0.15, -0.1) is 0 Å². The zero-order valence-electron chi connectivity index (χ0n) is 15.6. The molecule has 7 heteroatoms. The number of hydrogen-bond acceptors (Lipinski definition) is 4. The van der Waals surface area contributed by atoms with Crippen molar-refractivity contribution < 1.29 is 19.5 Å². The highest BCUT2D eigenvalue weighted by molar-refractivity contribution is 5.97. The zero-order valence-corrected chi connectivity index (χ0v) is 15.6. The van der Waals surface area contributed by atoms with Crippen LogP contribution in [0.15, 0.2) is 24.3 Å². The lowest BCUT2D eigenvalue weighted by molar-refractivity contribution is -0.143. The second-order valence-corrected chi connectivity index (χ2v) is 6.52. The zero-order chi connectivity index (χ0) is 19.3. The number of hydrogen-bond donors (Lipinski definition) is 2. The summed E-state index contributed by atoms with van der Waals surface area (Å²) in [7, 11) is 0. The average Bonchev–Trinajstić information content (AvgIpc) is 3.45. The van der Waals surface area contributed by atoms with Crippen LogP contribution < -0.4 is 5.32 Å². The fraction of sp³-hybridized carbons (Fsp3) is 0.526. The summed E-state index contributed by atoms with van der Waals surface area (Å²) in [4.78, 5) is 39.5. The molecule has 1 saturated carbocycles. The lowest BCUT2D eigenvalue weighted by atomic mass is 10.1. The van der Waals surface area contributed by atoms with Crippen molar-refractivity contribution in [2.45, 2.75) is 45.7 Å². The molecule has 1 aromatic rings. The second kappa shape index (κ2) is 8.80. The maximum absolute atomic E-state index is 12.4. The van der Waals surface area contributed by atoms with Crippen LogP contribution in [-0.2, 0) is 9.59 Å². The van der Waals surface area contributed by atoms with Gasteiger partial charge >= 0.3 is 5.97 Å². The highest BCUT2D eigenvalue weighted by Crippen LogP contribution is 2.28. The third kappa shape index (κ3) is 5.05. The number of amides is 2. The van der Waals surface area contributed by atoms with E-state index in [-0.39, 0.29) is 24.4 Å². The second-order valence-electron chi connectivity index (χ2n) is 6.52. The van der Waals surface area contributed by atoms with Crippen molar-refractivity contribution in [1.82, 2.24) is 9.80 Å². The first-order chi connectivity index (χ1) is 12.4. The van der Waals surface area contributed by atoms with Crippen LogP contribution in [-0.4, -0.2) is 64.4 Å². The summed E-state index contributed by atoms with van der Waals surface area (Å²) < 4.78 is 0. The number of carbonyl (C=O) groups excluding carboxylic acids is 2. The van der Waals surface area contributed by atoms with E-state index in [9.17, 15) is 19.5 Å². The van der Waals surface area contributed by atoms with Gasteiger partial charge in [0.05, 0.1) is 6.54 Å². The number of nitrogens with one attached hydrogen (secondary N) is 1. The van der Waals surface area contributed by atoms with Gasteiger partial charge in [-0.25, -0.2) is 0 Å². The summed E-state index contributed by atoms with van der Waals surface area (Å²) in [6.45, 7) is 6.70.